The number of hydrogen-bond acceptors (Lipinski definition) is 3. The summed E-state index contributed by atoms with van der Waals surface area (Å²) < 4.78 is 2.04. The van der Waals surface area contributed by atoms with E-state index in [0.29, 0.717) is 11.8 Å². The first-order valence-electron chi connectivity index (χ1n) is 3.58. The minimum absolute atomic E-state index is 0.0545. The fourth-order valence-corrected chi connectivity index (χ4v) is 3.20. The highest BCUT2D eigenvalue weighted by molar-refractivity contribution is 14.1. The van der Waals surface area contributed by atoms with Gasteiger partial charge in [-0.1, -0.05) is 0 Å². The third kappa shape index (κ3) is 1.34. The van der Waals surface area contributed by atoms with E-state index in [-0.39, 0.29) is 5.75 Å². The van der Waals surface area contributed by atoms with Gasteiger partial charge < -0.3 is 5.11 Å². The van der Waals surface area contributed by atoms with Crippen LogP contribution in [-0.4, -0.2) is 11.4 Å². The Balaban J connectivity index is 2.96. The lowest BCUT2D eigenvalue weighted by molar-refractivity contribution is 0.112. The summed E-state index contributed by atoms with van der Waals surface area (Å²) in [7, 11) is 0. The number of carbonyl (C=O) groups excluding carboxylic acids is 1. The molecule has 0 aliphatic heterocycles. The predicted molar refractivity (Wildman–Crippen MR) is 61.6 cm³/mol. The number of phenolic OH excluding ortho intramolecular Hbond substituents is 1. The zero-order valence-electron chi connectivity index (χ0n) is 6.45. The van der Waals surface area contributed by atoms with Crippen LogP contribution in [0.4, 0.5) is 0 Å². The Bertz CT molecular complexity index is 476. The molecule has 0 aliphatic carbocycles. The maximum atomic E-state index is 10.7. The van der Waals surface area contributed by atoms with Gasteiger partial charge in [0.2, 0.25) is 0 Å². The van der Waals surface area contributed by atoms with Crippen molar-refractivity contribution in [3.63, 3.8) is 0 Å². The average molecular weight is 304 g/mol. The zero-order chi connectivity index (χ0) is 9.42. The van der Waals surface area contributed by atoms with Crippen molar-refractivity contribution in [2.24, 2.45) is 0 Å². The third-order valence-corrected chi connectivity index (χ3v) is 4.05. The molecule has 1 aromatic carbocycles. The Labute approximate surface area is 92.3 Å². The number of benzene rings is 1. The molecule has 0 unspecified atom stereocenters. The lowest BCUT2D eigenvalue weighted by atomic mass is 10.1. The van der Waals surface area contributed by atoms with Gasteiger partial charge >= 0.3 is 0 Å². The molecule has 2 aromatic rings. The highest BCUT2D eigenvalue weighted by Crippen LogP contribution is 2.33. The molecule has 0 amide bonds. The van der Waals surface area contributed by atoms with E-state index < -0.39 is 0 Å². The zero-order valence-corrected chi connectivity index (χ0v) is 9.43. The Hall–Kier alpha value is -0.620. The van der Waals surface area contributed by atoms with E-state index in [1.807, 2.05) is 11.4 Å². The van der Waals surface area contributed by atoms with Gasteiger partial charge in [-0.3, -0.25) is 4.79 Å². The van der Waals surface area contributed by atoms with Gasteiger partial charge in [0.1, 0.15) is 5.75 Å². The van der Waals surface area contributed by atoms with Gasteiger partial charge in [0, 0.05) is 19.0 Å². The molecule has 1 heterocycles. The Kier molecular flexibility index (Phi) is 2.25. The fourth-order valence-electron chi connectivity index (χ4n) is 1.23. The molecule has 0 spiro atoms. The lowest BCUT2D eigenvalue weighted by Gasteiger charge is -1.98. The van der Waals surface area contributed by atoms with Gasteiger partial charge in [0.15, 0.2) is 6.29 Å². The number of rotatable bonds is 1. The maximum Gasteiger partial charge on any atom is 0.154 e. The van der Waals surface area contributed by atoms with Crippen molar-refractivity contribution in [1.82, 2.24) is 0 Å². The second kappa shape index (κ2) is 3.26. The van der Waals surface area contributed by atoms with E-state index in [2.05, 4.69) is 22.6 Å². The molecule has 0 fully saturated rings. The number of aldehydes is 1. The van der Waals surface area contributed by atoms with Gasteiger partial charge in [-0.05, 0) is 34.7 Å². The molecule has 66 valence electrons. The molecule has 0 saturated heterocycles. The highest BCUT2D eigenvalue weighted by Gasteiger charge is 2.10. The SMILES string of the molecule is O=Cc1c(O)ccc2scc(I)c12. The number of hydrogen-bond donors (Lipinski definition) is 1. The molecule has 4 heteroatoms. The van der Waals surface area contributed by atoms with E-state index in [1.165, 1.54) is 0 Å². The van der Waals surface area contributed by atoms with Crippen molar-refractivity contribution in [1.29, 1.82) is 0 Å². The smallest absolute Gasteiger partial charge is 0.154 e. The van der Waals surface area contributed by atoms with Crippen molar-refractivity contribution in [3.05, 3.63) is 26.6 Å². The fraction of sp³-hybridized carbons (Fsp3) is 0. The van der Waals surface area contributed by atoms with Crippen LogP contribution in [0.5, 0.6) is 5.75 Å². The summed E-state index contributed by atoms with van der Waals surface area (Å²) in [6.45, 7) is 0. The standard InChI is InChI=1S/C9H5IO2S/c10-6-4-13-8-2-1-7(12)5(3-11)9(6)8/h1-4,12H. The van der Waals surface area contributed by atoms with Crippen LogP contribution in [0.3, 0.4) is 0 Å². The van der Waals surface area contributed by atoms with Crippen LogP contribution in [0.2, 0.25) is 0 Å². The summed E-state index contributed by atoms with van der Waals surface area (Å²) in [5, 5.41) is 12.3. The summed E-state index contributed by atoms with van der Waals surface area (Å²) in [5.74, 6) is 0.0545. The molecule has 2 nitrogen and oxygen atoms in total. The van der Waals surface area contributed by atoms with E-state index in [1.54, 1.807) is 17.4 Å². The molecule has 0 atom stereocenters. The molecular formula is C9H5IO2S. The Morgan fingerprint density at radius 2 is 2.23 bits per heavy atom. The second-order valence-electron chi connectivity index (χ2n) is 2.57. The van der Waals surface area contributed by atoms with E-state index >= 15 is 0 Å². The summed E-state index contributed by atoms with van der Waals surface area (Å²) in [4.78, 5) is 10.7. The topological polar surface area (TPSA) is 37.3 Å². The normalized spacial score (nSPS) is 10.5. The van der Waals surface area contributed by atoms with Crippen LogP contribution in [-0.2, 0) is 0 Å². The van der Waals surface area contributed by atoms with Crippen molar-refractivity contribution in [3.8, 4) is 5.75 Å². The number of thiophene rings is 1. The molecule has 1 N–H and O–H groups in total. The average Bonchev–Trinajstić information content (AvgIpc) is 2.49. The number of phenols is 1. The van der Waals surface area contributed by atoms with Crippen molar-refractivity contribution >= 4 is 50.3 Å². The quantitative estimate of drug-likeness (QED) is 0.649. The van der Waals surface area contributed by atoms with Crippen LogP contribution in [0.1, 0.15) is 10.4 Å². The van der Waals surface area contributed by atoms with E-state index in [9.17, 15) is 9.90 Å². The summed E-state index contributed by atoms with van der Waals surface area (Å²) in [6, 6.07) is 3.38. The summed E-state index contributed by atoms with van der Waals surface area (Å²) in [6.07, 6.45) is 0.701. The van der Waals surface area contributed by atoms with Gasteiger partial charge in [0.05, 0.1) is 5.56 Å². The van der Waals surface area contributed by atoms with Gasteiger partial charge in [-0.25, -0.2) is 0 Å². The van der Waals surface area contributed by atoms with Crippen LogP contribution in [0.25, 0.3) is 10.1 Å². The first-order valence-corrected chi connectivity index (χ1v) is 5.53. The van der Waals surface area contributed by atoms with Crippen LogP contribution in [0, 0.1) is 3.57 Å². The molecule has 1 aromatic heterocycles. The molecular weight excluding hydrogens is 299 g/mol. The van der Waals surface area contributed by atoms with Gasteiger partial charge in [-0.15, -0.1) is 11.3 Å². The minimum atomic E-state index is 0.0545. The first kappa shape index (κ1) is 8.96. The van der Waals surface area contributed by atoms with E-state index in [4.69, 9.17) is 0 Å². The third-order valence-electron chi connectivity index (χ3n) is 1.83. The van der Waals surface area contributed by atoms with Crippen LogP contribution < -0.4 is 0 Å². The van der Waals surface area contributed by atoms with E-state index in [0.717, 1.165) is 13.7 Å². The number of fused-ring (bicyclic) bond motifs is 1. The second-order valence-corrected chi connectivity index (χ2v) is 4.65. The minimum Gasteiger partial charge on any atom is -0.507 e. The highest BCUT2D eigenvalue weighted by atomic mass is 127. The van der Waals surface area contributed by atoms with Crippen molar-refractivity contribution < 1.29 is 9.90 Å². The first-order chi connectivity index (χ1) is 6.24. The lowest BCUT2D eigenvalue weighted by Crippen LogP contribution is -1.83. The Morgan fingerprint density at radius 3 is 2.92 bits per heavy atom. The number of halogens is 1. The van der Waals surface area contributed by atoms with Crippen LogP contribution in [0.15, 0.2) is 17.5 Å². The maximum absolute atomic E-state index is 10.7. The molecule has 2 rings (SSSR count). The molecule has 0 bridgehead atoms. The molecule has 0 aliphatic rings. The van der Waals surface area contributed by atoms with Crippen molar-refractivity contribution in [2.75, 3.05) is 0 Å². The van der Waals surface area contributed by atoms with Crippen molar-refractivity contribution in [2.45, 2.75) is 0 Å². The monoisotopic (exact) mass is 304 g/mol. The van der Waals surface area contributed by atoms with Gasteiger partial charge in [-0.2, -0.15) is 0 Å². The number of carbonyl (C=O) groups is 1. The Morgan fingerprint density at radius 1 is 1.46 bits per heavy atom. The largest absolute Gasteiger partial charge is 0.507 e. The summed E-state index contributed by atoms with van der Waals surface area (Å²) >= 11 is 3.73. The predicted octanol–water partition coefficient (Wildman–Crippen LogP) is 3.02. The molecule has 0 saturated carbocycles. The van der Waals surface area contributed by atoms with Gasteiger partial charge in [0.25, 0.3) is 0 Å². The number of aromatic hydroxyl groups is 1. The summed E-state index contributed by atoms with van der Waals surface area (Å²) in [5.41, 5.74) is 0.392. The molecule has 0 radical (unpaired) electrons. The van der Waals surface area contributed by atoms with Crippen LogP contribution >= 0.6 is 33.9 Å². The molecule has 13 heavy (non-hydrogen) atoms.